The molecule has 2 heterocycles. The summed E-state index contributed by atoms with van der Waals surface area (Å²) in [6.07, 6.45) is 4.10. The predicted octanol–water partition coefficient (Wildman–Crippen LogP) is 3.23. The van der Waals surface area contributed by atoms with Gasteiger partial charge in [-0.1, -0.05) is 27.7 Å². The minimum Gasteiger partial charge on any atom is -0.313 e. The van der Waals surface area contributed by atoms with E-state index >= 15 is 0 Å². The predicted molar refractivity (Wildman–Crippen MR) is 86.9 cm³/mol. The average Bonchev–Trinajstić information content (AvgIpc) is 2.79. The second-order valence-corrected chi connectivity index (χ2v) is 8.62. The van der Waals surface area contributed by atoms with Crippen LogP contribution in [0.25, 0.3) is 0 Å². The first-order valence-electron chi connectivity index (χ1n) is 8.04. The van der Waals surface area contributed by atoms with Crippen LogP contribution in [0.3, 0.4) is 0 Å². The largest absolute Gasteiger partial charge is 0.313 e. The lowest BCUT2D eigenvalue weighted by molar-refractivity contribution is 0.0786. The maximum Gasteiger partial charge on any atom is 0.0238 e. The van der Waals surface area contributed by atoms with Gasteiger partial charge in [0.05, 0.1) is 0 Å². The van der Waals surface area contributed by atoms with Crippen molar-refractivity contribution in [2.45, 2.75) is 59.0 Å². The molecule has 1 N–H and O–H groups in total. The van der Waals surface area contributed by atoms with E-state index in [0.29, 0.717) is 5.41 Å². The van der Waals surface area contributed by atoms with Crippen LogP contribution in [0.15, 0.2) is 0 Å². The fraction of sp³-hybridized carbons (Fsp3) is 1.00. The third-order valence-electron chi connectivity index (χ3n) is 4.73. The molecule has 0 aromatic heterocycles. The third-order valence-corrected chi connectivity index (χ3v) is 5.77. The van der Waals surface area contributed by atoms with Crippen LogP contribution in [0, 0.1) is 11.3 Å². The van der Waals surface area contributed by atoms with E-state index in [4.69, 9.17) is 0 Å². The van der Waals surface area contributed by atoms with Gasteiger partial charge in [-0.25, -0.2) is 0 Å². The lowest BCUT2D eigenvalue weighted by Crippen LogP contribution is -2.53. The van der Waals surface area contributed by atoms with Crippen molar-refractivity contribution in [3.63, 3.8) is 0 Å². The van der Waals surface area contributed by atoms with E-state index < -0.39 is 0 Å². The molecule has 0 radical (unpaired) electrons. The zero-order chi connectivity index (χ0) is 13.9. The zero-order valence-electron chi connectivity index (χ0n) is 13.2. The SMILES string of the molecule is CC(C)CN(CC1CCCN1)C1CSCCC1(C)C. The molecule has 0 aliphatic carbocycles. The van der Waals surface area contributed by atoms with Crippen LogP contribution in [-0.2, 0) is 0 Å². The number of nitrogens with one attached hydrogen (secondary N) is 1. The van der Waals surface area contributed by atoms with E-state index in [1.165, 1.54) is 50.4 Å². The molecule has 112 valence electrons. The standard InChI is InChI=1S/C16H32N2S/c1-13(2)10-18(11-14-6-5-8-17-14)15-12-19-9-7-16(15,3)4/h13-15,17H,5-12H2,1-4H3. The number of hydrogen-bond acceptors (Lipinski definition) is 3. The Morgan fingerprint density at radius 1 is 1.37 bits per heavy atom. The fourth-order valence-corrected chi connectivity index (χ4v) is 5.24. The highest BCUT2D eigenvalue weighted by atomic mass is 32.2. The smallest absolute Gasteiger partial charge is 0.0238 e. The average molecular weight is 285 g/mol. The van der Waals surface area contributed by atoms with Gasteiger partial charge in [-0.3, -0.25) is 4.90 Å². The van der Waals surface area contributed by atoms with E-state index in [9.17, 15) is 0 Å². The van der Waals surface area contributed by atoms with Crippen molar-refractivity contribution in [1.82, 2.24) is 10.2 Å². The molecule has 2 saturated heterocycles. The van der Waals surface area contributed by atoms with Gasteiger partial charge in [0.25, 0.3) is 0 Å². The van der Waals surface area contributed by atoms with Gasteiger partial charge in [0.15, 0.2) is 0 Å². The summed E-state index contributed by atoms with van der Waals surface area (Å²) in [5.41, 5.74) is 0.485. The lowest BCUT2D eigenvalue weighted by atomic mass is 9.81. The molecule has 0 bridgehead atoms. The molecule has 0 amide bonds. The highest BCUT2D eigenvalue weighted by Crippen LogP contribution is 2.37. The molecule has 2 aliphatic rings. The monoisotopic (exact) mass is 284 g/mol. The Kier molecular flexibility index (Phi) is 5.62. The summed E-state index contributed by atoms with van der Waals surface area (Å²) in [5.74, 6) is 3.44. The quantitative estimate of drug-likeness (QED) is 0.834. The lowest BCUT2D eigenvalue weighted by Gasteiger charge is -2.46. The summed E-state index contributed by atoms with van der Waals surface area (Å²) in [5, 5.41) is 3.68. The summed E-state index contributed by atoms with van der Waals surface area (Å²) in [6.45, 7) is 13.4. The van der Waals surface area contributed by atoms with Crippen molar-refractivity contribution in [2.75, 3.05) is 31.1 Å². The molecule has 2 atom stereocenters. The molecular formula is C16H32N2S. The molecule has 0 saturated carbocycles. The van der Waals surface area contributed by atoms with Crippen LogP contribution < -0.4 is 5.32 Å². The first kappa shape index (κ1) is 15.7. The van der Waals surface area contributed by atoms with Crippen LogP contribution in [0.2, 0.25) is 0 Å². The third kappa shape index (κ3) is 4.37. The summed E-state index contributed by atoms with van der Waals surface area (Å²) in [4.78, 5) is 2.81. The Morgan fingerprint density at radius 2 is 2.16 bits per heavy atom. The van der Waals surface area contributed by atoms with Crippen molar-refractivity contribution in [3.8, 4) is 0 Å². The van der Waals surface area contributed by atoms with Crippen molar-refractivity contribution in [3.05, 3.63) is 0 Å². The first-order chi connectivity index (χ1) is 8.99. The Bertz CT molecular complexity index is 272. The minimum absolute atomic E-state index is 0.485. The molecule has 2 rings (SSSR count). The summed E-state index contributed by atoms with van der Waals surface area (Å²) >= 11 is 2.16. The molecule has 2 aliphatic heterocycles. The van der Waals surface area contributed by atoms with Crippen molar-refractivity contribution in [2.24, 2.45) is 11.3 Å². The Morgan fingerprint density at radius 3 is 2.74 bits per heavy atom. The number of rotatable bonds is 5. The summed E-state index contributed by atoms with van der Waals surface area (Å²) in [6, 6.07) is 1.50. The number of hydrogen-bond donors (Lipinski definition) is 1. The number of thioether (sulfide) groups is 1. The molecule has 2 unspecified atom stereocenters. The molecule has 0 spiro atoms. The van der Waals surface area contributed by atoms with Gasteiger partial charge in [-0.05, 0) is 42.9 Å². The Labute approximate surface area is 124 Å². The van der Waals surface area contributed by atoms with Gasteiger partial charge in [0.2, 0.25) is 0 Å². The maximum atomic E-state index is 3.68. The van der Waals surface area contributed by atoms with Crippen molar-refractivity contribution < 1.29 is 0 Å². The molecule has 0 aromatic carbocycles. The normalized spacial score (nSPS) is 31.3. The number of nitrogens with zero attached hydrogens (tertiary/aromatic N) is 1. The molecule has 2 nitrogen and oxygen atoms in total. The van der Waals surface area contributed by atoms with E-state index in [2.05, 4.69) is 49.7 Å². The van der Waals surface area contributed by atoms with Gasteiger partial charge < -0.3 is 5.32 Å². The van der Waals surface area contributed by atoms with E-state index in [0.717, 1.165) is 18.0 Å². The van der Waals surface area contributed by atoms with Crippen LogP contribution >= 0.6 is 11.8 Å². The highest BCUT2D eigenvalue weighted by Gasteiger charge is 2.37. The van der Waals surface area contributed by atoms with Gasteiger partial charge in [-0.15, -0.1) is 0 Å². The second kappa shape index (κ2) is 6.82. The summed E-state index contributed by atoms with van der Waals surface area (Å²) < 4.78 is 0. The topological polar surface area (TPSA) is 15.3 Å². The van der Waals surface area contributed by atoms with E-state index in [1.807, 2.05) is 0 Å². The van der Waals surface area contributed by atoms with E-state index in [1.54, 1.807) is 0 Å². The Balaban J connectivity index is 2.02. The molecule has 0 aromatic rings. The molecule has 3 heteroatoms. The van der Waals surface area contributed by atoms with E-state index in [-0.39, 0.29) is 0 Å². The van der Waals surface area contributed by atoms with Crippen LogP contribution in [0.5, 0.6) is 0 Å². The Hall–Kier alpha value is 0.270. The van der Waals surface area contributed by atoms with Crippen molar-refractivity contribution in [1.29, 1.82) is 0 Å². The molecule has 2 fully saturated rings. The van der Waals surface area contributed by atoms with Crippen LogP contribution in [0.1, 0.15) is 47.0 Å². The van der Waals surface area contributed by atoms with Gasteiger partial charge in [-0.2, -0.15) is 11.8 Å². The van der Waals surface area contributed by atoms with Crippen LogP contribution in [0.4, 0.5) is 0 Å². The summed E-state index contributed by atoms with van der Waals surface area (Å²) in [7, 11) is 0. The maximum absolute atomic E-state index is 3.68. The zero-order valence-corrected chi connectivity index (χ0v) is 14.1. The van der Waals surface area contributed by atoms with Gasteiger partial charge >= 0.3 is 0 Å². The second-order valence-electron chi connectivity index (χ2n) is 7.47. The first-order valence-corrected chi connectivity index (χ1v) is 9.19. The van der Waals surface area contributed by atoms with Crippen LogP contribution in [-0.4, -0.2) is 48.1 Å². The molecule has 19 heavy (non-hydrogen) atoms. The highest BCUT2D eigenvalue weighted by molar-refractivity contribution is 7.99. The fourth-order valence-electron chi connectivity index (χ4n) is 3.52. The molecular weight excluding hydrogens is 252 g/mol. The van der Waals surface area contributed by atoms with Gasteiger partial charge in [0, 0.05) is 30.9 Å². The van der Waals surface area contributed by atoms with Gasteiger partial charge in [0.1, 0.15) is 0 Å². The van der Waals surface area contributed by atoms with Crippen molar-refractivity contribution >= 4 is 11.8 Å². The minimum atomic E-state index is 0.485.